The zero-order valence-electron chi connectivity index (χ0n) is 11.5. The van der Waals surface area contributed by atoms with E-state index in [0.29, 0.717) is 0 Å². The molecule has 104 valence electrons. The van der Waals surface area contributed by atoms with E-state index >= 15 is 0 Å². The monoisotopic (exact) mass is 271 g/mol. The summed E-state index contributed by atoms with van der Waals surface area (Å²) >= 11 is 0. The molecule has 1 unspecified atom stereocenters. The second-order valence-corrected chi connectivity index (χ2v) is 5.24. The normalized spacial score (nSPS) is 18.4. The van der Waals surface area contributed by atoms with Crippen LogP contribution in [0.3, 0.4) is 0 Å². The lowest BCUT2D eigenvalue weighted by atomic mass is 10.1. The van der Waals surface area contributed by atoms with E-state index in [4.69, 9.17) is 4.74 Å². The van der Waals surface area contributed by atoms with E-state index in [1.807, 2.05) is 31.2 Å². The Hall–Kier alpha value is -1.87. The van der Waals surface area contributed by atoms with Crippen molar-refractivity contribution in [2.45, 2.75) is 25.5 Å². The lowest BCUT2D eigenvalue weighted by Crippen LogP contribution is -2.31. The van der Waals surface area contributed by atoms with Gasteiger partial charge in [0.05, 0.1) is 0 Å². The average Bonchev–Trinajstić information content (AvgIpc) is 2.87. The summed E-state index contributed by atoms with van der Waals surface area (Å²) in [5.74, 6) is 0.790. The number of hydrogen-bond acceptors (Lipinski definition) is 2. The number of fused-ring (bicyclic) bond motifs is 1. The van der Waals surface area contributed by atoms with Crippen molar-refractivity contribution < 1.29 is 9.13 Å². The van der Waals surface area contributed by atoms with Crippen molar-refractivity contribution in [2.24, 2.45) is 0 Å². The highest BCUT2D eigenvalue weighted by molar-refractivity contribution is 5.37. The number of rotatable bonds is 4. The van der Waals surface area contributed by atoms with Gasteiger partial charge in [-0.2, -0.15) is 0 Å². The molecule has 1 aliphatic rings. The molecule has 1 heterocycles. The van der Waals surface area contributed by atoms with Gasteiger partial charge in [-0.3, -0.25) is 0 Å². The second kappa shape index (κ2) is 5.63. The molecule has 0 amide bonds. The Morgan fingerprint density at radius 1 is 1.25 bits per heavy atom. The van der Waals surface area contributed by atoms with Crippen LogP contribution in [0.4, 0.5) is 4.39 Å². The lowest BCUT2D eigenvalue weighted by Gasteiger charge is -2.17. The van der Waals surface area contributed by atoms with E-state index in [2.05, 4.69) is 11.4 Å². The quantitative estimate of drug-likeness (QED) is 0.919. The molecule has 0 aromatic heterocycles. The fourth-order valence-electron chi connectivity index (χ4n) is 2.57. The van der Waals surface area contributed by atoms with Gasteiger partial charge in [-0.05, 0) is 36.2 Å². The third-order valence-corrected chi connectivity index (χ3v) is 3.71. The van der Waals surface area contributed by atoms with Gasteiger partial charge in [-0.15, -0.1) is 0 Å². The SMILES string of the molecule is C[C@H](NCC1Cc2ccccc2O1)c1cccc(F)c1. The number of halogens is 1. The Kier molecular flexibility index (Phi) is 3.70. The van der Waals surface area contributed by atoms with Gasteiger partial charge < -0.3 is 10.1 Å². The zero-order valence-corrected chi connectivity index (χ0v) is 11.5. The Morgan fingerprint density at radius 2 is 2.10 bits per heavy atom. The van der Waals surface area contributed by atoms with Crippen molar-refractivity contribution in [3.05, 3.63) is 65.5 Å². The summed E-state index contributed by atoms with van der Waals surface area (Å²) in [5, 5.41) is 3.41. The fraction of sp³-hybridized carbons (Fsp3) is 0.294. The number of nitrogens with one attached hydrogen (secondary N) is 1. The van der Waals surface area contributed by atoms with Gasteiger partial charge in [0.2, 0.25) is 0 Å². The van der Waals surface area contributed by atoms with Crippen LogP contribution in [0, 0.1) is 5.82 Å². The van der Waals surface area contributed by atoms with Crippen LogP contribution in [0.25, 0.3) is 0 Å². The van der Waals surface area contributed by atoms with Crippen molar-refractivity contribution in [1.29, 1.82) is 0 Å². The van der Waals surface area contributed by atoms with Gasteiger partial charge in [-0.1, -0.05) is 30.3 Å². The highest BCUT2D eigenvalue weighted by Crippen LogP contribution is 2.28. The van der Waals surface area contributed by atoms with Crippen molar-refractivity contribution in [1.82, 2.24) is 5.32 Å². The van der Waals surface area contributed by atoms with Crippen LogP contribution >= 0.6 is 0 Å². The zero-order chi connectivity index (χ0) is 13.9. The maximum Gasteiger partial charge on any atom is 0.123 e. The summed E-state index contributed by atoms with van der Waals surface area (Å²) in [4.78, 5) is 0. The van der Waals surface area contributed by atoms with Gasteiger partial charge in [0, 0.05) is 19.0 Å². The summed E-state index contributed by atoms with van der Waals surface area (Å²) in [6, 6.07) is 15.0. The van der Waals surface area contributed by atoms with Crippen LogP contribution in [0.2, 0.25) is 0 Å². The van der Waals surface area contributed by atoms with E-state index in [1.54, 1.807) is 12.1 Å². The first kappa shape index (κ1) is 13.1. The highest BCUT2D eigenvalue weighted by atomic mass is 19.1. The summed E-state index contributed by atoms with van der Waals surface area (Å²) in [6.07, 6.45) is 1.09. The second-order valence-electron chi connectivity index (χ2n) is 5.24. The molecular formula is C17H18FNO. The summed E-state index contributed by atoms with van der Waals surface area (Å²) in [5.41, 5.74) is 2.22. The molecule has 0 fully saturated rings. The molecule has 0 saturated heterocycles. The molecule has 1 aliphatic heterocycles. The molecule has 0 saturated carbocycles. The number of para-hydroxylation sites is 1. The largest absolute Gasteiger partial charge is 0.488 e. The van der Waals surface area contributed by atoms with Crippen LogP contribution in [0.15, 0.2) is 48.5 Å². The molecule has 3 rings (SSSR count). The first-order chi connectivity index (χ1) is 9.72. The predicted octanol–water partition coefficient (Wildman–Crippen LogP) is 3.48. The van der Waals surface area contributed by atoms with Gasteiger partial charge in [-0.25, -0.2) is 4.39 Å². The molecule has 0 bridgehead atoms. The molecular weight excluding hydrogens is 253 g/mol. The Bertz CT molecular complexity index is 574. The van der Waals surface area contributed by atoms with Crippen LogP contribution in [0.1, 0.15) is 24.1 Å². The van der Waals surface area contributed by atoms with E-state index in [0.717, 1.165) is 24.3 Å². The van der Waals surface area contributed by atoms with Gasteiger partial charge in [0.15, 0.2) is 0 Å². The predicted molar refractivity (Wildman–Crippen MR) is 77.4 cm³/mol. The third-order valence-electron chi connectivity index (χ3n) is 3.71. The highest BCUT2D eigenvalue weighted by Gasteiger charge is 2.22. The standard InChI is InChI=1S/C17H18FNO/c1-12(13-6-4-7-15(18)9-13)19-11-16-10-14-5-2-3-8-17(14)20-16/h2-9,12,16,19H,10-11H2,1H3/t12-,16?/m0/s1. The Labute approximate surface area is 118 Å². The summed E-state index contributed by atoms with van der Waals surface area (Å²) < 4.78 is 19.1. The number of ether oxygens (including phenoxy) is 1. The van der Waals surface area contributed by atoms with Gasteiger partial charge >= 0.3 is 0 Å². The summed E-state index contributed by atoms with van der Waals surface area (Å²) in [6.45, 7) is 2.79. The fourth-order valence-corrected chi connectivity index (χ4v) is 2.57. The average molecular weight is 271 g/mol. The molecule has 2 nitrogen and oxygen atoms in total. The minimum absolute atomic E-state index is 0.109. The summed E-state index contributed by atoms with van der Waals surface area (Å²) in [7, 11) is 0. The minimum atomic E-state index is -0.194. The molecule has 2 aromatic carbocycles. The molecule has 20 heavy (non-hydrogen) atoms. The van der Waals surface area contributed by atoms with Crippen molar-refractivity contribution in [2.75, 3.05) is 6.54 Å². The number of benzene rings is 2. The molecule has 0 aliphatic carbocycles. The molecule has 2 aromatic rings. The molecule has 3 heteroatoms. The topological polar surface area (TPSA) is 21.3 Å². The smallest absolute Gasteiger partial charge is 0.123 e. The first-order valence-electron chi connectivity index (χ1n) is 6.96. The Morgan fingerprint density at radius 3 is 2.90 bits per heavy atom. The van der Waals surface area contributed by atoms with Gasteiger partial charge in [0.1, 0.15) is 17.7 Å². The van der Waals surface area contributed by atoms with E-state index < -0.39 is 0 Å². The lowest BCUT2D eigenvalue weighted by molar-refractivity contribution is 0.222. The number of hydrogen-bond donors (Lipinski definition) is 1. The van der Waals surface area contributed by atoms with Crippen LogP contribution in [-0.2, 0) is 6.42 Å². The maximum atomic E-state index is 13.2. The van der Waals surface area contributed by atoms with E-state index in [-0.39, 0.29) is 18.0 Å². The molecule has 0 spiro atoms. The first-order valence-corrected chi connectivity index (χ1v) is 6.96. The van der Waals surface area contributed by atoms with E-state index in [1.165, 1.54) is 11.6 Å². The van der Waals surface area contributed by atoms with Gasteiger partial charge in [0.25, 0.3) is 0 Å². The van der Waals surface area contributed by atoms with Crippen LogP contribution < -0.4 is 10.1 Å². The van der Waals surface area contributed by atoms with Crippen molar-refractivity contribution >= 4 is 0 Å². The van der Waals surface area contributed by atoms with Crippen molar-refractivity contribution in [3.63, 3.8) is 0 Å². The third kappa shape index (κ3) is 2.83. The van der Waals surface area contributed by atoms with E-state index in [9.17, 15) is 4.39 Å². The van der Waals surface area contributed by atoms with Crippen LogP contribution in [-0.4, -0.2) is 12.6 Å². The molecule has 1 N–H and O–H groups in total. The van der Waals surface area contributed by atoms with Crippen LogP contribution in [0.5, 0.6) is 5.75 Å². The maximum absolute atomic E-state index is 13.2. The Balaban J connectivity index is 1.56. The molecule has 2 atom stereocenters. The van der Waals surface area contributed by atoms with Crippen molar-refractivity contribution in [3.8, 4) is 5.75 Å². The molecule has 0 radical (unpaired) electrons. The minimum Gasteiger partial charge on any atom is -0.488 e.